The van der Waals surface area contributed by atoms with Gasteiger partial charge in [0.15, 0.2) is 11.6 Å². The van der Waals surface area contributed by atoms with E-state index in [1.54, 1.807) is 24.3 Å². The zero-order valence-electron chi connectivity index (χ0n) is 16.5. The lowest BCUT2D eigenvalue weighted by Crippen LogP contribution is -2.20. The van der Waals surface area contributed by atoms with Crippen molar-refractivity contribution < 1.29 is 18.9 Å². The second-order valence-electron chi connectivity index (χ2n) is 7.83. The number of hydrogen-bond acceptors (Lipinski definition) is 6. The summed E-state index contributed by atoms with van der Waals surface area (Å²) >= 11 is 0. The Morgan fingerprint density at radius 1 is 0.900 bits per heavy atom. The Bertz CT molecular complexity index is 1160. The normalized spacial score (nSPS) is 15.7. The predicted molar refractivity (Wildman–Crippen MR) is 107 cm³/mol. The summed E-state index contributed by atoms with van der Waals surface area (Å²) in [6.07, 6.45) is 4.71. The summed E-state index contributed by atoms with van der Waals surface area (Å²) in [6, 6.07) is 8.95. The van der Waals surface area contributed by atoms with Crippen molar-refractivity contribution in [2.45, 2.75) is 51.4 Å². The smallest absolute Gasteiger partial charge is 0.278 e. The van der Waals surface area contributed by atoms with Crippen LogP contribution < -0.4 is 0 Å². The molecule has 7 nitrogen and oxygen atoms in total. The summed E-state index contributed by atoms with van der Waals surface area (Å²) in [5, 5.41) is 8.65. The Balaban J connectivity index is 1.48. The molecular formula is C23H21N3O4. The number of benzene rings is 1. The van der Waals surface area contributed by atoms with Crippen molar-refractivity contribution in [3.63, 3.8) is 0 Å². The highest BCUT2D eigenvalue weighted by Crippen LogP contribution is 2.28. The van der Waals surface area contributed by atoms with E-state index in [0.29, 0.717) is 78.1 Å². The molecule has 2 aromatic heterocycles. The second kappa shape index (κ2) is 7.48. The molecule has 0 saturated heterocycles. The number of aromatic nitrogens is 3. The van der Waals surface area contributed by atoms with Gasteiger partial charge in [-0.1, -0.05) is 23.4 Å². The summed E-state index contributed by atoms with van der Waals surface area (Å²) in [5.41, 5.74) is 3.60. The molecule has 2 aliphatic carbocycles. The van der Waals surface area contributed by atoms with Crippen molar-refractivity contribution >= 4 is 17.5 Å². The van der Waals surface area contributed by atoms with Gasteiger partial charge >= 0.3 is 0 Å². The van der Waals surface area contributed by atoms with E-state index in [0.717, 1.165) is 12.8 Å². The summed E-state index contributed by atoms with van der Waals surface area (Å²) in [7, 11) is 0. The fraction of sp³-hybridized carbons (Fsp3) is 0.348. The Labute approximate surface area is 173 Å². The lowest BCUT2D eigenvalue weighted by Gasteiger charge is -2.13. The number of Topliss-reactive ketones (excluding diaryl/α,β-unsaturated/α-hetero) is 2. The van der Waals surface area contributed by atoms with Crippen LogP contribution in [0.1, 0.15) is 79.6 Å². The number of rotatable bonds is 4. The largest absolute Gasteiger partial charge is 0.360 e. The Kier molecular flexibility index (Phi) is 4.65. The van der Waals surface area contributed by atoms with Crippen LogP contribution in [0.15, 0.2) is 34.9 Å². The number of carbonyl (C=O) groups excluding carboxylic acids is 3. The van der Waals surface area contributed by atoms with E-state index in [2.05, 4.69) is 10.3 Å². The van der Waals surface area contributed by atoms with Gasteiger partial charge < -0.3 is 4.52 Å². The van der Waals surface area contributed by atoms with Crippen molar-refractivity contribution in [1.82, 2.24) is 14.9 Å². The first kappa shape index (κ1) is 18.7. The maximum Gasteiger partial charge on any atom is 0.278 e. The highest BCUT2D eigenvalue weighted by molar-refractivity contribution is 6.02. The molecule has 2 aliphatic rings. The van der Waals surface area contributed by atoms with E-state index >= 15 is 0 Å². The molecular weight excluding hydrogens is 382 g/mol. The number of nitrogens with zero attached hydrogens (tertiary/aromatic N) is 3. The first-order valence-corrected chi connectivity index (χ1v) is 10.4. The van der Waals surface area contributed by atoms with Crippen LogP contribution in [-0.2, 0) is 25.7 Å². The Morgan fingerprint density at radius 3 is 2.40 bits per heavy atom. The van der Waals surface area contributed by atoms with Crippen LogP contribution >= 0.6 is 0 Å². The Morgan fingerprint density at radius 2 is 1.60 bits per heavy atom. The lowest BCUT2D eigenvalue weighted by atomic mass is 9.91. The molecule has 0 bridgehead atoms. The van der Waals surface area contributed by atoms with Crippen molar-refractivity contribution in [2.75, 3.05) is 0 Å². The minimum Gasteiger partial charge on any atom is -0.360 e. The molecule has 0 amide bonds. The van der Waals surface area contributed by atoms with Gasteiger partial charge in [0, 0.05) is 24.8 Å². The predicted octanol–water partition coefficient (Wildman–Crippen LogP) is 3.38. The van der Waals surface area contributed by atoms with Crippen LogP contribution in [0.2, 0.25) is 0 Å². The number of ketones is 2. The molecule has 0 radical (unpaired) electrons. The average molecular weight is 403 g/mol. The Hall–Kier alpha value is -3.35. The third kappa shape index (κ3) is 3.10. The fourth-order valence-electron chi connectivity index (χ4n) is 4.44. The molecule has 0 aliphatic heterocycles. The number of carbonyl (C=O) groups is 3. The highest BCUT2D eigenvalue weighted by atomic mass is 16.5. The first-order chi connectivity index (χ1) is 14.6. The number of hydrogen-bond donors (Lipinski definition) is 0. The quantitative estimate of drug-likeness (QED) is 0.663. The SMILES string of the molecule is O=C1CCCc2onc(CCc3nn(C(=O)c4ccccc4)c4c3C(=O)CCC4)c21. The van der Waals surface area contributed by atoms with Gasteiger partial charge in [-0.15, -0.1) is 0 Å². The van der Waals surface area contributed by atoms with Crippen LogP contribution in [0.4, 0.5) is 0 Å². The summed E-state index contributed by atoms with van der Waals surface area (Å²) in [4.78, 5) is 38.0. The van der Waals surface area contributed by atoms with Crippen LogP contribution in [-0.4, -0.2) is 32.4 Å². The van der Waals surface area contributed by atoms with Gasteiger partial charge in [0.05, 0.1) is 28.2 Å². The van der Waals surface area contributed by atoms with Gasteiger partial charge in [-0.2, -0.15) is 9.78 Å². The fourth-order valence-corrected chi connectivity index (χ4v) is 4.44. The topological polar surface area (TPSA) is 95.1 Å². The van der Waals surface area contributed by atoms with Gasteiger partial charge in [-0.25, -0.2) is 0 Å². The monoisotopic (exact) mass is 403 g/mol. The van der Waals surface area contributed by atoms with Crippen molar-refractivity contribution in [2.24, 2.45) is 0 Å². The molecule has 3 aromatic rings. The summed E-state index contributed by atoms with van der Waals surface area (Å²) < 4.78 is 6.75. The van der Waals surface area contributed by atoms with Crippen LogP contribution in [0, 0.1) is 0 Å². The van der Waals surface area contributed by atoms with E-state index in [-0.39, 0.29) is 17.5 Å². The molecule has 0 fully saturated rings. The molecule has 0 N–H and O–H groups in total. The van der Waals surface area contributed by atoms with E-state index < -0.39 is 0 Å². The van der Waals surface area contributed by atoms with Gasteiger partial charge in [-0.05, 0) is 44.2 Å². The molecule has 1 aromatic carbocycles. The number of aryl methyl sites for hydroxylation is 3. The minimum atomic E-state index is -0.234. The molecule has 2 heterocycles. The highest BCUT2D eigenvalue weighted by Gasteiger charge is 2.31. The molecule has 0 unspecified atom stereocenters. The third-order valence-electron chi connectivity index (χ3n) is 5.88. The van der Waals surface area contributed by atoms with Crippen LogP contribution in [0.5, 0.6) is 0 Å². The van der Waals surface area contributed by atoms with Gasteiger partial charge in [0.1, 0.15) is 5.76 Å². The minimum absolute atomic E-state index is 0.0246. The summed E-state index contributed by atoms with van der Waals surface area (Å²) in [6.45, 7) is 0. The summed E-state index contributed by atoms with van der Waals surface area (Å²) in [5.74, 6) is 0.512. The van der Waals surface area contributed by atoms with Gasteiger partial charge in [0.2, 0.25) is 0 Å². The van der Waals surface area contributed by atoms with Crippen LogP contribution in [0.3, 0.4) is 0 Å². The standard InChI is InChI=1S/C23H21N3O4/c27-18-9-4-8-17-21(18)15(24-26(17)23(29)14-6-2-1-3-7-14)12-13-16-22-19(28)10-5-11-20(22)30-25-16/h1-3,6-7H,4-5,8-13H2. The second-order valence-corrected chi connectivity index (χ2v) is 7.83. The molecule has 5 rings (SSSR count). The zero-order chi connectivity index (χ0) is 20.7. The maximum atomic E-state index is 13.0. The van der Waals surface area contributed by atoms with Gasteiger partial charge in [-0.3, -0.25) is 14.4 Å². The first-order valence-electron chi connectivity index (χ1n) is 10.4. The molecule has 30 heavy (non-hydrogen) atoms. The van der Waals surface area contributed by atoms with E-state index in [1.807, 2.05) is 6.07 Å². The molecule has 0 atom stereocenters. The number of fused-ring (bicyclic) bond motifs is 2. The molecule has 0 spiro atoms. The average Bonchev–Trinajstić information content (AvgIpc) is 3.35. The molecule has 7 heteroatoms. The lowest BCUT2D eigenvalue weighted by molar-refractivity contribution is 0.0936. The van der Waals surface area contributed by atoms with E-state index in [4.69, 9.17) is 4.52 Å². The van der Waals surface area contributed by atoms with E-state index in [1.165, 1.54) is 4.68 Å². The third-order valence-corrected chi connectivity index (χ3v) is 5.88. The van der Waals surface area contributed by atoms with Crippen molar-refractivity contribution in [1.29, 1.82) is 0 Å². The maximum absolute atomic E-state index is 13.0. The van der Waals surface area contributed by atoms with E-state index in [9.17, 15) is 14.4 Å². The zero-order valence-corrected chi connectivity index (χ0v) is 16.5. The van der Waals surface area contributed by atoms with Crippen molar-refractivity contribution in [3.05, 3.63) is 69.9 Å². The molecule has 0 saturated carbocycles. The van der Waals surface area contributed by atoms with Crippen LogP contribution in [0.25, 0.3) is 0 Å². The van der Waals surface area contributed by atoms with Gasteiger partial charge in [0.25, 0.3) is 5.91 Å². The molecule has 152 valence electrons. The van der Waals surface area contributed by atoms with Crippen molar-refractivity contribution in [3.8, 4) is 0 Å².